The third-order valence-electron chi connectivity index (χ3n) is 2.76. The Morgan fingerprint density at radius 3 is 2.83 bits per heavy atom. The number of sulfone groups is 1. The van der Waals surface area contributed by atoms with Crippen LogP contribution in [-0.2, 0) is 9.84 Å². The molecule has 0 aromatic heterocycles. The summed E-state index contributed by atoms with van der Waals surface area (Å²) in [6.45, 7) is 1.86. The highest BCUT2D eigenvalue weighted by atomic mass is 32.2. The SMILES string of the molecule is CN1CCN[C@@H]2CS(=O)(=O)C[C@H]21. The summed E-state index contributed by atoms with van der Waals surface area (Å²) in [5.41, 5.74) is 0. The predicted molar refractivity (Wildman–Crippen MR) is 46.9 cm³/mol. The van der Waals surface area contributed by atoms with Crippen molar-refractivity contribution in [3.05, 3.63) is 0 Å². The molecular formula is C7H14N2O2S. The summed E-state index contributed by atoms with van der Waals surface area (Å²) >= 11 is 0. The molecule has 2 aliphatic heterocycles. The van der Waals surface area contributed by atoms with Gasteiger partial charge in [-0.05, 0) is 7.05 Å². The van der Waals surface area contributed by atoms with E-state index in [9.17, 15) is 8.42 Å². The van der Waals surface area contributed by atoms with Gasteiger partial charge < -0.3 is 5.32 Å². The Morgan fingerprint density at radius 2 is 2.17 bits per heavy atom. The number of rotatable bonds is 0. The smallest absolute Gasteiger partial charge is 0.153 e. The van der Waals surface area contributed by atoms with Crippen LogP contribution in [0.1, 0.15) is 0 Å². The summed E-state index contributed by atoms with van der Waals surface area (Å²) in [4.78, 5) is 2.14. The number of hydrogen-bond donors (Lipinski definition) is 1. The van der Waals surface area contributed by atoms with Crippen LogP contribution >= 0.6 is 0 Å². The summed E-state index contributed by atoms with van der Waals surface area (Å²) in [5, 5.41) is 3.25. The van der Waals surface area contributed by atoms with Crippen LogP contribution in [0.2, 0.25) is 0 Å². The maximum atomic E-state index is 11.3. The molecule has 12 heavy (non-hydrogen) atoms. The molecule has 5 heteroatoms. The molecule has 0 amide bonds. The van der Waals surface area contributed by atoms with E-state index in [0.717, 1.165) is 13.1 Å². The highest BCUT2D eigenvalue weighted by molar-refractivity contribution is 7.91. The van der Waals surface area contributed by atoms with E-state index in [4.69, 9.17) is 0 Å². The van der Waals surface area contributed by atoms with Gasteiger partial charge in [-0.2, -0.15) is 0 Å². The summed E-state index contributed by atoms with van der Waals surface area (Å²) < 4.78 is 22.6. The third-order valence-corrected chi connectivity index (χ3v) is 4.48. The van der Waals surface area contributed by atoms with Crippen molar-refractivity contribution in [1.29, 1.82) is 0 Å². The van der Waals surface area contributed by atoms with Gasteiger partial charge in [0, 0.05) is 25.2 Å². The Labute approximate surface area is 72.9 Å². The van der Waals surface area contributed by atoms with Crippen molar-refractivity contribution in [2.75, 3.05) is 31.6 Å². The molecule has 2 rings (SSSR count). The zero-order chi connectivity index (χ0) is 8.77. The molecular weight excluding hydrogens is 176 g/mol. The fourth-order valence-electron chi connectivity index (χ4n) is 2.05. The van der Waals surface area contributed by atoms with Crippen LogP contribution in [0.5, 0.6) is 0 Å². The summed E-state index contributed by atoms with van der Waals surface area (Å²) in [6.07, 6.45) is 0. The second-order valence-corrected chi connectivity index (χ2v) is 5.84. The maximum Gasteiger partial charge on any atom is 0.153 e. The molecule has 0 aromatic rings. The van der Waals surface area contributed by atoms with E-state index in [2.05, 4.69) is 10.2 Å². The first-order chi connectivity index (χ1) is 5.58. The average molecular weight is 190 g/mol. The van der Waals surface area contributed by atoms with Gasteiger partial charge in [0.1, 0.15) is 0 Å². The van der Waals surface area contributed by atoms with Crippen LogP contribution in [0.15, 0.2) is 0 Å². The lowest BCUT2D eigenvalue weighted by molar-refractivity contribution is 0.185. The normalized spacial score (nSPS) is 41.1. The Kier molecular flexibility index (Phi) is 1.89. The second-order valence-electron chi connectivity index (χ2n) is 3.69. The van der Waals surface area contributed by atoms with E-state index in [1.54, 1.807) is 0 Å². The fourth-order valence-corrected chi connectivity index (χ4v) is 4.08. The summed E-state index contributed by atoms with van der Waals surface area (Å²) in [6, 6.07) is 0.387. The van der Waals surface area contributed by atoms with Gasteiger partial charge in [0.25, 0.3) is 0 Å². The van der Waals surface area contributed by atoms with Crippen LogP contribution in [0.3, 0.4) is 0 Å². The minimum Gasteiger partial charge on any atom is -0.310 e. The van der Waals surface area contributed by atoms with Gasteiger partial charge in [-0.25, -0.2) is 8.42 Å². The molecule has 2 saturated heterocycles. The lowest BCUT2D eigenvalue weighted by atomic mass is 10.1. The highest BCUT2D eigenvalue weighted by Crippen LogP contribution is 2.19. The van der Waals surface area contributed by atoms with Crippen molar-refractivity contribution < 1.29 is 8.42 Å². The molecule has 70 valence electrons. The van der Waals surface area contributed by atoms with Gasteiger partial charge in [0.05, 0.1) is 11.5 Å². The molecule has 0 bridgehead atoms. The minimum atomic E-state index is -2.77. The first-order valence-electron chi connectivity index (χ1n) is 4.22. The molecule has 0 aliphatic carbocycles. The van der Waals surface area contributed by atoms with Crippen LogP contribution in [0, 0.1) is 0 Å². The molecule has 2 heterocycles. The topological polar surface area (TPSA) is 49.4 Å². The fraction of sp³-hybridized carbons (Fsp3) is 1.00. The van der Waals surface area contributed by atoms with Crippen molar-refractivity contribution in [1.82, 2.24) is 10.2 Å². The number of nitrogens with one attached hydrogen (secondary N) is 1. The second kappa shape index (κ2) is 2.68. The van der Waals surface area contributed by atoms with Gasteiger partial charge in [-0.3, -0.25) is 4.90 Å². The van der Waals surface area contributed by atoms with Crippen molar-refractivity contribution in [2.24, 2.45) is 0 Å². The largest absolute Gasteiger partial charge is 0.310 e. The van der Waals surface area contributed by atoms with Crippen LogP contribution in [0.25, 0.3) is 0 Å². The third kappa shape index (κ3) is 1.36. The number of piperazine rings is 1. The van der Waals surface area contributed by atoms with E-state index in [-0.39, 0.29) is 12.1 Å². The molecule has 0 radical (unpaired) electrons. The standard InChI is InChI=1S/C7H14N2O2S/c1-9-3-2-8-6-4-12(10,11)5-7(6)9/h6-8H,2-5H2,1H3/t6-,7-/m1/s1. The molecule has 1 N–H and O–H groups in total. The van der Waals surface area contributed by atoms with Gasteiger partial charge in [0.15, 0.2) is 9.84 Å². The molecule has 2 atom stereocenters. The predicted octanol–water partition coefficient (Wildman–Crippen LogP) is -1.31. The van der Waals surface area contributed by atoms with E-state index in [1.165, 1.54) is 0 Å². The zero-order valence-corrected chi connectivity index (χ0v) is 7.97. The number of likely N-dealkylation sites (N-methyl/N-ethyl adjacent to an activating group) is 1. The lowest BCUT2D eigenvalue weighted by Crippen LogP contribution is -2.55. The van der Waals surface area contributed by atoms with Crippen LogP contribution < -0.4 is 5.32 Å². The summed E-state index contributed by atoms with van der Waals surface area (Å²) in [7, 11) is -0.767. The molecule has 2 aliphatic rings. The monoisotopic (exact) mass is 190 g/mol. The van der Waals surface area contributed by atoms with Crippen molar-refractivity contribution >= 4 is 9.84 Å². The minimum absolute atomic E-state index is 0.175. The van der Waals surface area contributed by atoms with Crippen LogP contribution in [-0.4, -0.2) is 57.0 Å². The zero-order valence-electron chi connectivity index (χ0n) is 7.16. The van der Waals surface area contributed by atoms with E-state index < -0.39 is 9.84 Å². The van der Waals surface area contributed by atoms with Crippen molar-refractivity contribution in [3.63, 3.8) is 0 Å². The molecule has 0 aromatic carbocycles. The van der Waals surface area contributed by atoms with Crippen molar-refractivity contribution in [2.45, 2.75) is 12.1 Å². The first-order valence-corrected chi connectivity index (χ1v) is 6.05. The molecule has 4 nitrogen and oxygen atoms in total. The Bertz CT molecular complexity index is 275. The van der Waals surface area contributed by atoms with Crippen LogP contribution in [0.4, 0.5) is 0 Å². The molecule has 2 fully saturated rings. The van der Waals surface area contributed by atoms with Gasteiger partial charge in [0.2, 0.25) is 0 Å². The Morgan fingerprint density at radius 1 is 1.42 bits per heavy atom. The quantitative estimate of drug-likeness (QED) is 0.515. The molecule has 0 saturated carbocycles. The first kappa shape index (κ1) is 8.47. The van der Waals surface area contributed by atoms with E-state index in [0.29, 0.717) is 11.5 Å². The number of nitrogens with zero attached hydrogens (tertiary/aromatic N) is 1. The van der Waals surface area contributed by atoms with Gasteiger partial charge >= 0.3 is 0 Å². The van der Waals surface area contributed by atoms with E-state index in [1.807, 2.05) is 7.05 Å². The maximum absolute atomic E-state index is 11.3. The Hall–Kier alpha value is -0.130. The molecule has 0 spiro atoms. The van der Waals surface area contributed by atoms with Gasteiger partial charge in [-0.15, -0.1) is 0 Å². The highest BCUT2D eigenvalue weighted by Gasteiger charge is 2.41. The van der Waals surface area contributed by atoms with E-state index >= 15 is 0 Å². The van der Waals surface area contributed by atoms with Crippen molar-refractivity contribution in [3.8, 4) is 0 Å². The number of fused-ring (bicyclic) bond motifs is 1. The Balaban J connectivity index is 2.19. The lowest BCUT2D eigenvalue weighted by Gasteiger charge is -2.34. The average Bonchev–Trinajstić information content (AvgIpc) is 2.25. The molecule has 0 unspecified atom stereocenters. The van der Waals surface area contributed by atoms with Gasteiger partial charge in [-0.1, -0.05) is 0 Å². The summed E-state index contributed by atoms with van der Waals surface area (Å²) in [5.74, 6) is 0.656. The number of hydrogen-bond acceptors (Lipinski definition) is 4.